The molecule has 100 valence electrons. The van der Waals surface area contributed by atoms with Gasteiger partial charge in [-0.3, -0.25) is 4.79 Å². The average molecular weight is 251 g/mol. The zero-order valence-electron chi connectivity index (χ0n) is 11.6. The van der Waals surface area contributed by atoms with Crippen LogP contribution in [0.5, 0.6) is 0 Å². The summed E-state index contributed by atoms with van der Waals surface area (Å²) in [6.07, 6.45) is 0.964. The Kier molecular flexibility index (Phi) is 4.88. The molecule has 0 radical (unpaired) electrons. The smallest absolute Gasteiger partial charge is 0.230 e. The third-order valence-electron chi connectivity index (χ3n) is 3.14. The predicted octanol–water partition coefficient (Wildman–Crippen LogP) is 3.27. The Balaban J connectivity index is 2.67. The minimum Gasteiger partial charge on any atom is -0.355 e. The first-order valence-corrected chi connectivity index (χ1v) is 6.38. The van der Waals surface area contributed by atoms with Crippen LogP contribution in [0.4, 0.5) is 4.39 Å². The maximum absolute atomic E-state index is 12.9. The Labute approximate surface area is 109 Å². The van der Waals surface area contributed by atoms with E-state index >= 15 is 0 Å². The lowest BCUT2D eigenvalue weighted by Crippen LogP contribution is -2.40. The fourth-order valence-electron chi connectivity index (χ4n) is 1.69. The molecule has 1 amide bonds. The van der Waals surface area contributed by atoms with Crippen molar-refractivity contribution >= 4 is 5.91 Å². The summed E-state index contributed by atoms with van der Waals surface area (Å²) in [5.41, 5.74) is 0.191. The van der Waals surface area contributed by atoms with E-state index in [4.69, 9.17) is 0 Å². The van der Waals surface area contributed by atoms with Crippen LogP contribution in [0.25, 0.3) is 0 Å². The molecule has 0 spiro atoms. The molecular weight excluding hydrogens is 229 g/mol. The molecule has 0 bridgehead atoms. The number of hydrogen-bond donors (Lipinski definition) is 1. The van der Waals surface area contributed by atoms with Crippen LogP contribution in [0, 0.1) is 11.7 Å². The van der Waals surface area contributed by atoms with E-state index < -0.39 is 5.41 Å². The van der Waals surface area contributed by atoms with Crippen molar-refractivity contribution in [1.82, 2.24) is 5.32 Å². The van der Waals surface area contributed by atoms with Gasteiger partial charge in [-0.05, 0) is 43.9 Å². The first-order chi connectivity index (χ1) is 8.34. The van der Waals surface area contributed by atoms with Crippen LogP contribution in [-0.2, 0) is 10.2 Å². The molecule has 0 saturated heterocycles. The third-order valence-corrected chi connectivity index (χ3v) is 3.14. The highest BCUT2D eigenvalue weighted by atomic mass is 19.1. The number of nitrogens with one attached hydrogen (secondary N) is 1. The van der Waals surface area contributed by atoms with Gasteiger partial charge in [-0.15, -0.1) is 0 Å². The largest absolute Gasteiger partial charge is 0.355 e. The van der Waals surface area contributed by atoms with Gasteiger partial charge in [0.15, 0.2) is 0 Å². The van der Waals surface area contributed by atoms with Crippen LogP contribution in [0.3, 0.4) is 0 Å². The minimum absolute atomic E-state index is 0.0187. The average Bonchev–Trinajstić information content (AvgIpc) is 2.28. The van der Waals surface area contributed by atoms with Crippen LogP contribution in [0.2, 0.25) is 0 Å². The number of carbonyl (C=O) groups excluding carboxylic acids is 1. The number of halogens is 1. The maximum Gasteiger partial charge on any atom is 0.230 e. The molecule has 0 aliphatic rings. The van der Waals surface area contributed by atoms with E-state index in [0.29, 0.717) is 12.5 Å². The number of hydrogen-bond acceptors (Lipinski definition) is 1. The third kappa shape index (κ3) is 3.83. The monoisotopic (exact) mass is 251 g/mol. The number of benzene rings is 1. The molecule has 0 saturated carbocycles. The van der Waals surface area contributed by atoms with Gasteiger partial charge >= 0.3 is 0 Å². The normalized spacial score (nSPS) is 11.7. The van der Waals surface area contributed by atoms with Gasteiger partial charge in [0.25, 0.3) is 0 Å². The van der Waals surface area contributed by atoms with Crippen LogP contribution < -0.4 is 5.32 Å². The van der Waals surface area contributed by atoms with Crippen molar-refractivity contribution < 1.29 is 9.18 Å². The van der Waals surface area contributed by atoms with Crippen molar-refractivity contribution in [3.8, 4) is 0 Å². The molecule has 1 N–H and O–H groups in total. The van der Waals surface area contributed by atoms with Gasteiger partial charge in [0.05, 0.1) is 5.41 Å². The number of carbonyl (C=O) groups is 1. The second-order valence-corrected chi connectivity index (χ2v) is 5.57. The van der Waals surface area contributed by atoms with Crippen molar-refractivity contribution in [1.29, 1.82) is 0 Å². The zero-order valence-corrected chi connectivity index (χ0v) is 11.6. The van der Waals surface area contributed by atoms with E-state index in [1.165, 1.54) is 12.1 Å². The summed E-state index contributed by atoms with van der Waals surface area (Å²) < 4.78 is 12.9. The van der Waals surface area contributed by atoms with Crippen molar-refractivity contribution in [3.63, 3.8) is 0 Å². The van der Waals surface area contributed by atoms with Crippen LogP contribution >= 0.6 is 0 Å². The van der Waals surface area contributed by atoms with Gasteiger partial charge in [0, 0.05) is 6.54 Å². The summed E-state index contributed by atoms with van der Waals surface area (Å²) in [7, 11) is 0. The molecule has 1 aromatic carbocycles. The minimum atomic E-state index is -0.634. The quantitative estimate of drug-likeness (QED) is 0.855. The van der Waals surface area contributed by atoms with Crippen LogP contribution in [0.15, 0.2) is 24.3 Å². The number of rotatable bonds is 5. The summed E-state index contributed by atoms with van der Waals surface area (Å²) in [4.78, 5) is 12.1. The molecule has 0 atom stereocenters. The van der Waals surface area contributed by atoms with Crippen molar-refractivity contribution in [2.24, 2.45) is 5.92 Å². The summed E-state index contributed by atoms with van der Waals surface area (Å²) in [5, 5.41) is 2.93. The van der Waals surface area contributed by atoms with Gasteiger partial charge in [-0.25, -0.2) is 4.39 Å². The van der Waals surface area contributed by atoms with Gasteiger partial charge in [0.2, 0.25) is 5.91 Å². The van der Waals surface area contributed by atoms with Crippen LogP contribution in [0.1, 0.15) is 39.7 Å². The molecule has 0 aromatic heterocycles. The molecule has 2 nitrogen and oxygen atoms in total. The standard InChI is InChI=1S/C15H22FNO/c1-11(2)9-10-17-14(18)15(3,4)12-5-7-13(16)8-6-12/h5-8,11H,9-10H2,1-4H3,(H,17,18). The van der Waals surface area contributed by atoms with E-state index in [-0.39, 0.29) is 11.7 Å². The van der Waals surface area contributed by atoms with Crippen LogP contribution in [-0.4, -0.2) is 12.5 Å². The highest BCUT2D eigenvalue weighted by Gasteiger charge is 2.29. The summed E-state index contributed by atoms with van der Waals surface area (Å²) >= 11 is 0. The highest BCUT2D eigenvalue weighted by Crippen LogP contribution is 2.23. The lowest BCUT2D eigenvalue weighted by Gasteiger charge is -2.24. The Bertz CT molecular complexity index is 395. The topological polar surface area (TPSA) is 29.1 Å². The van der Waals surface area contributed by atoms with E-state index in [0.717, 1.165) is 12.0 Å². The Hall–Kier alpha value is -1.38. The van der Waals surface area contributed by atoms with Crippen molar-refractivity contribution in [2.45, 2.75) is 39.5 Å². The molecule has 0 unspecified atom stereocenters. The van der Waals surface area contributed by atoms with Crippen molar-refractivity contribution in [2.75, 3.05) is 6.54 Å². The molecule has 0 fully saturated rings. The SMILES string of the molecule is CC(C)CCNC(=O)C(C)(C)c1ccc(F)cc1. The molecule has 18 heavy (non-hydrogen) atoms. The second kappa shape index (κ2) is 5.98. The Morgan fingerprint density at radius 1 is 1.28 bits per heavy atom. The van der Waals surface area contributed by atoms with Gasteiger partial charge in [-0.1, -0.05) is 26.0 Å². The lowest BCUT2D eigenvalue weighted by molar-refractivity contribution is -0.125. The molecule has 3 heteroatoms. The van der Waals surface area contributed by atoms with E-state index in [9.17, 15) is 9.18 Å². The van der Waals surface area contributed by atoms with Gasteiger partial charge in [-0.2, -0.15) is 0 Å². The first-order valence-electron chi connectivity index (χ1n) is 6.38. The first kappa shape index (κ1) is 14.7. The predicted molar refractivity (Wildman–Crippen MR) is 71.9 cm³/mol. The molecule has 1 rings (SSSR count). The van der Waals surface area contributed by atoms with Gasteiger partial charge < -0.3 is 5.32 Å². The molecular formula is C15H22FNO. The summed E-state index contributed by atoms with van der Waals surface area (Å²) in [6.45, 7) is 8.63. The summed E-state index contributed by atoms with van der Waals surface area (Å²) in [6, 6.07) is 6.10. The molecule has 0 aliphatic heterocycles. The Morgan fingerprint density at radius 2 is 1.83 bits per heavy atom. The van der Waals surface area contributed by atoms with E-state index in [2.05, 4.69) is 19.2 Å². The highest BCUT2D eigenvalue weighted by molar-refractivity contribution is 5.87. The second-order valence-electron chi connectivity index (χ2n) is 5.57. The summed E-state index contributed by atoms with van der Waals surface area (Å²) in [5.74, 6) is 0.267. The van der Waals surface area contributed by atoms with E-state index in [1.54, 1.807) is 12.1 Å². The fraction of sp³-hybridized carbons (Fsp3) is 0.533. The number of amides is 1. The zero-order chi connectivity index (χ0) is 13.8. The Morgan fingerprint density at radius 3 is 2.33 bits per heavy atom. The van der Waals surface area contributed by atoms with E-state index in [1.807, 2.05) is 13.8 Å². The van der Waals surface area contributed by atoms with Gasteiger partial charge in [0.1, 0.15) is 5.82 Å². The molecule has 1 aromatic rings. The molecule has 0 aliphatic carbocycles. The van der Waals surface area contributed by atoms with Crippen molar-refractivity contribution in [3.05, 3.63) is 35.6 Å². The fourth-order valence-corrected chi connectivity index (χ4v) is 1.69. The lowest BCUT2D eigenvalue weighted by atomic mass is 9.83. The maximum atomic E-state index is 12.9. The molecule has 0 heterocycles.